The number of nitrogens with zero attached hydrogens (tertiary/aromatic N) is 1. The van der Waals surface area contributed by atoms with E-state index in [1.54, 1.807) is 0 Å². The summed E-state index contributed by atoms with van der Waals surface area (Å²) >= 11 is 0. The molecule has 0 radical (unpaired) electrons. The van der Waals surface area contributed by atoms with Crippen molar-refractivity contribution in [2.24, 2.45) is 0 Å². The van der Waals surface area contributed by atoms with Gasteiger partial charge in [-0.05, 0) is 30.5 Å². The van der Waals surface area contributed by atoms with Crippen LogP contribution in [0.25, 0.3) is 10.9 Å². The number of benzene rings is 2. The van der Waals surface area contributed by atoms with Crippen LogP contribution in [0.5, 0.6) is 0 Å². The fourth-order valence-electron chi connectivity index (χ4n) is 3.36. The minimum Gasteiger partial charge on any atom is -0.361 e. The fraction of sp³-hybridized carbons (Fsp3) is 0.182. The number of fused-ring (bicyclic) bond motifs is 1. The second kappa shape index (κ2) is 7.50. The van der Waals surface area contributed by atoms with E-state index in [0.717, 1.165) is 23.2 Å². The van der Waals surface area contributed by atoms with Crippen LogP contribution in [0.15, 0.2) is 65.6 Å². The molecule has 0 aliphatic carbocycles. The number of anilines is 1. The smallest absolute Gasteiger partial charge is 0.256 e. The van der Waals surface area contributed by atoms with E-state index in [2.05, 4.69) is 32.4 Å². The highest BCUT2D eigenvalue weighted by Crippen LogP contribution is 2.18. The number of hydrogen-bond acceptors (Lipinski definition) is 3. The first kappa shape index (κ1) is 17.1. The summed E-state index contributed by atoms with van der Waals surface area (Å²) in [5, 5.41) is 4.47. The van der Waals surface area contributed by atoms with Crippen LogP contribution in [-0.4, -0.2) is 21.5 Å². The third kappa shape index (κ3) is 3.77. The topological polar surface area (TPSA) is 73.6 Å². The van der Waals surface area contributed by atoms with Crippen LogP contribution in [0, 0.1) is 6.92 Å². The molecule has 4 rings (SSSR count). The molecule has 2 heterocycles. The van der Waals surface area contributed by atoms with Crippen molar-refractivity contribution in [2.45, 2.75) is 19.8 Å². The van der Waals surface area contributed by atoms with E-state index in [-0.39, 0.29) is 5.56 Å². The molecular formula is C22H22N4O. The molecule has 0 fully saturated rings. The Kier molecular flexibility index (Phi) is 4.75. The van der Waals surface area contributed by atoms with Gasteiger partial charge in [-0.3, -0.25) is 9.78 Å². The summed E-state index contributed by atoms with van der Waals surface area (Å²) in [5.74, 6) is 0.522. The maximum atomic E-state index is 12.5. The van der Waals surface area contributed by atoms with Crippen LogP contribution in [-0.2, 0) is 12.8 Å². The quantitative estimate of drug-likeness (QED) is 0.491. The third-order valence-electron chi connectivity index (χ3n) is 4.81. The molecule has 0 spiro atoms. The van der Waals surface area contributed by atoms with Gasteiger partial charge < -0.3 is 10.3 Å². The minimum absolute atomic E-state index is 0.0825. The molecule has 5 heteroatoms. The number of H-pyrrole nitrogens is 2. The van der Waals surface area contributed by atoms with E-state index >= 15 is 0 Å². The van der Waals surface area contributed by atoms with Gasteiger partial charge in [0.15, 0.2) is 0 Å². The second-order valence-corrected chi connectivity index (χ2v) is 6.68. The number of aromatic amines is 2. The zero-order valence-corrected chi connectivity index (χ0v) is 15.3. The van der Waals surface area contributed by atoms with E-state index in [1.165, 1.54) is 10.9 Å². The lowest BCUT2D eigenvalue weighted by molar-refractivity contribution is 0.940. The highest BCUT2D eigenvalue weighted by atomic mass is 16.1. The van der Waals surface area contributed by atoms with Crippen LogP contribution in [0.2, 0.25) is 0 Å². The van der Waals surface area contributed by atoms with Gasteiger partial charge in [0.05, 0.1) is 5.69 Å². The average Bonchev–Trinajstić information content (AvgIpc) is 3.09. The Labute approximate surface area is 157 Å². The molecule has 0 saturated heterocycles. The van der Waals surface area contributed by atoms with Crippen molar-refractivity contribution in [3.63, 3.8) is 0 Å². The van der Waals surface area contributed by atoms with E-state index in [9.17, 15) is 4.79 Å². The SMILES string of the molecule is Cc1nc(NCCc2c[nH]c3ccccc23)[nH]c(=O)c1Cc1ccccc1. The summed E-state index contributed by atoms with van der Waals surface area (Å²) < 4.78 is 0. The molecule has 0 aliphatic heterocycles. The molecule has 4 aromatic rings. The molecule has 0 atom stereocenters. The molecule has 0 amide bonds. The van der Waals surface area contributed by atoms with Gasteiger partial charge in [-0.2, -0.15) is 0 Å². The van der Waals surface area contributed by atoms with Crippen LogP contribution >= 0.6 is 0 Å². The number of hydrogen-bond donors (Lipinski definition) is 3. The van der Waals surface area contributed by atoms with Crippen molar-refractivity contribution in [3.05, 3.63) is 93.5 Å². The van der Waals surface area contributed by atoms with E-state index in [1.807, 2.05) is 55.6 Å². The predicted octanol–water partition coefficient (Wildman–Crippen LogP) is 3.81. The van der Waals surface area contributed by atoms with Gasteiger partial charge in [0.1, 0.15) is 0 Å². The molecule has 5 nitrogen and oxygen atoms in total. The minimum atomic E-state index is -0.0825. The average molecular weight is 358 g/mol. The lowest BCUT2D eigenvalue weighted by Gasteiger charge is -2.09. The van der Waals surface area contributed by atoms with Crippen LogP contribution < -0.4 is 10.9 Å². The number of rotatable bonds is 6. The highest BCUT2D eigenvalue weighted by Gasteiger charge is 2.09. The van der Waals surface area contributed by atoms with Gasteiger partial charge in [-0.15, -0.1) is 0 Å². The van der Waals surface area contributed by atoms with E-state index in [4.69, 9.17) is 0 Å². The maximum Gasteiger partial charge on any atom is 0.256 e. The number of nitrogens with one attached hydrogen (secondary N) is 3. The Morgan fingerprint density at radius 3 is 2.63 bits per heavy atom. The molecule has 0 unspecified atom stereocenters. The zero-order chi connectivity index (χ0) is 18.6. The molecule has 136 valence electrons. The number of aryl methyl sites for hydroxylation is 1. The molecule has 0 aliphatic rings. The molecule has 0 saturated carbocycles. The molecule has 27 heavy (non-hydrogen) atoms. The van der Waals surface area contributed by atoms with E-state index < -0.39 is 0 Å². The van der Waals surface area contributed by atoms with Crippen molar-refractivity contribution < 1.29 is 0 Å². The summed E-state index contributed by atoms with van der Waals surface area (Å²) in [5.41, 5.74) is 4.88. The summed E-state index contributed by atoms with van der Waals surface area (Å²) in [7, 11) is 0. The maximum absolute atomic E-state index is 12.5. The van der Waals surface area contributed by atoms with Gasteiger partial charge in [-0.25, -0.2) is 4.98 Å². The largest absolute Gasteiger partial charge is 0.361 e. The summed E-state index contributed by atoms with van der Waals surface area (Å²) in [6, 6.07) is 18.2. The molecule has 2 aromatic heterocycles. The van der Waals surface area contributed by atoms with Crippen molar-refractivity contribution in [3.8, 4) is 0 Å². The normalized spacial score (nSPS) is 11.0. The molecule has 2 aromatic carbocycles. The van der Waals surface area contributed by atoms with Gasteiger partial charge in [0, 0.05) is 35.6 Å². The van der Waals surface area contributed by atoms with Crippen LogP contribution in [0.3, 0.4) is 0 Å². The summed E-state index contributed by atoms with van der Waals surface area (Å²) in [4.78, 5) is 23.2. The molecular weight excluding hydrogens is 336 g/mol. The van der Waals surface area contributed by atoms with Gasteiger partial charge in [0.25, 0.3) is 5.56 Å². The molecule has 0 bridgehead atoms. The Bertz CT molecular complexity index is 1110. The van der Waals surface area contributed by atoms with Crippen LogP contribution in [0.4, 0.5) is 5.95 Å². The van der Waals surface area contributed by atoms with Gasteiger partial charge in [-0.1, -0.05) is 48.5 Å². The van der Waals surface area contributed by atoms with Crippen molar-refractivity contribution >= 4 is 16.9 Å². The Morgan fingerprint density at radius 1 is 1.04 bits per heavy atom. The van der Waals surface area contributed by atoms with Gasteiger partial charge in [0.2, 0.25) is 5.95 Å². The summed E-state index contributed by atoms with van der Waals surface area (Å²) in [6.07, 6.45) is 3.47. The standard InChI is InChI=1S/C22H22N4O/c1-15-19(13-16-7-3-2-4-8-16)21(27)26-22(25-15)23-12-11-17-14-24-20-10-6-5-9-18(17)20/h2-10,14,24H,11-13H2,1H3,(H2,23,25,26,27). The predicted molar refractivity (Wildman–Crippen MR) is 109 cm³/mol. The molecule has 3 N–H and O–H groups in total. The van der Waals surface area contributed by atoms with Crippen molar-refractivity contribution in [2.75, 3.05) is 11.9 Å². The third-order valence-corrected chi connectivity index (χ3v) is 4.81. The first-order valence-electron chi connectivity index (χ1n) is 9.13. The summed E-state index contributed by atoms with van der Waals surface area (Å²) in [6.45, 7) is 2.58. The highest BCUT2D eigenvalue weighted by molar-refractivity contribution is 5.83. The second-order valence-electron chi connectivity index (χ2n) is 6.68. The first-order valence-corrected chi connectivity index (χ1v) is 9.13. The fourth-order valence-corrected chi connectivity index (χ4v) is 3.36. The van der Waals surface area contributed by atoms with Crippen LogP contribution in [0.1, 0.15) is 22.4 Å². The van der Waals surface area contributed by atoms with Crippen molar-refractivity contribution in [1.82, 2.24) is 15.0 Å². The Hall–Kier alpha value is -3.34. The zero-order valence-electron chi connectivity index (χ0n) is 15.3. The van der Waals surface area contributed by atoms with E-state index in [0.29, 0.717) is 24.5 Å². The monoisotopic (exact) mass is 358 g/mol. The first-order chi connectivity index (χ1) is 13.2. The lowest BCUT2D eigenvalue weighted by Crippen LogP contribution is -2.20. The van der Waals surface area contributed by atoms with Gasteiger partial charge >= 0.3 is 0 Å². The Balaban J connectivity index is 1.44. The number of para-hydroxylation sites is 1. The lowest BCUT2D eigenvalue weighted by atomic mass is 10.1. The van der Waals surface area contributed by atoms with Crippen molar-refractivity contribution in [1.29, 1.82) is 0 Å². The number of aromatic nitrogens is 3. The Morgan fingerprint density at radius 2 is 1.81 bits per heavy atom.